The Morgan fingerprint density at radius 1 is 0.714 bits per heavy atom. The van der Waals surface area contributed by atoms with Crippen LogP contribution in [0.4, 0.5) is 0 Å². The lowest BCUT2D eigenvalue weighted by molar-refractivity contribution is 0.381. The van der Waals surface area contributed by atoms with Gasteiger partial charge in [-0.25, -0.2) is 0 Å². The minimum atomic E-state index is -4.67. The third kappa shape index (κ3) is 7.67. The lowest BCUT2D eigenvalue weighted by Gasteiger charge is -2.02. The summed E-state index contributed by atoms with van der Waals surface area (Å²) >= 11 is 0. The molecule has 2 aromatic carbocycles. The van der Waals surface area contributed by atoms with Gasteiger partial charge in [0.25, 0.3) is 10.1 Å². The molecule has 0 fully saturated rings. The zero-order valence-corrected chi connectivity index (χ0v) is 12.4. The van der Waals surface area contributed by atoms with Gasteiger partial charge in [-0.15, -0.1) is 0 Å². The first kappa shape index (κ1) is 21.7. The average Bonchev–Trinajstić information content (AvgIpc) is 2.25. The molecule has 0 unspecified atom stereocenters. The lowest BCUT2D eigenvalue weighted by atomic mass is 10.1. The van der Waals surface area contributed by atoms with Crippen molar-refractivity contribution in [3.63, 3.8) is 0 Å². The van der Waals surface area contributed by atoms with Crippen LogP contribution in [0.3, 0.4) is 0 Å². The maximum atomic E-state index is 11.0. The van der Waals surface area contributed by atoms with E-state index in [0.717, 1.165) is 5.39 Å². The Balaban J connectivity index is 0. The van der Waals surface area contributed by atoms with Gasteiger partial charge in [0.2, 0.25) is 0 Å². The summed E-state index contributed by atoms with van der Waals surface area (Å²) in [4.78, 5) is -0.0457. The van der Waals surface area contributed by atoms with E-state index in [0.29, 0.717) is 5.39 Å². The monoisotopic (exact) mass is 340 g/mol. The summed E-state index contributed by atoms with van der Waals surface area (Å²) < 4.78 is 62.5. The van der Waals surface area contributed by atoms with Crippen LogP contribution in [0.2, 0.25) is 0 Å². The van der Waals surface area contributed by atoms with Crippen LogP contribution in [0.5, 0.6) is 0 Å². The molecule has 2 aromatic rings. The SMILES string of the molecule is N.N.O=S(=O)(O)O.O=S(=O)(O)c1cccc2ccccc12. The molecule has 9 N–H and O–H groups in total. The van der Waals surface area contributed by atoms with Gasteiger partial charge >= 0.3 is 10.4 Å². The molecular formula is C10H16N2O7S2. The van der Waals surface area contributed by atoms with Crippen molar-refractivity contribution in [1.82, 2.24) is 12.3 Å². The number of rotatable bonds is 1. The van der Waals surface area contributed by atoms with E-state index in [1.807, 2.05) is 6.07 Å². The standard InChI is InChI=1S/C10H8O3S.2H3N.H2O4S/c11-14(12,13)10-7-3-5-8-4-1-2-6-9(8)10;;;1-5(2,3)4/h1-7H,(H,11,12,13);2*1H3;(H2,1,2,3,4). The zero-order valence-electron chi connectivity index (χ0n) is 10.7. The molecule has 2 rings (SSSR count). The van der Waals surface area contributed by atoms with Crippen LogP contribution in [0.1, 0.15) is 0 Å². The third-order valence-electron chi connectivity index (χ3n) is 2.03. The van der Waals surface area contributed by atoms with E-state index in [-0.39, 0.29) is 17.2 Å². The molecule has 0 saturated carbocycles. The van der Waals surface area contributed by atoms with Crippen LogP contribution in [0, 0.1) is 0 Å². The molecule has 0 radical (unpaired) electrons. The molecule has 21 heavy (non-hydrogen) atoms. The fourth-order valence-corrected chi connectivity index (χ4v) is 2.13. The fourth-order valence-electron chi connectivity index (χ4n) is 1.42. The highest BCUT2D eigenvalue weighted by Crippen LogP contribution is 2.21. The Morgan fingerprint density at radius 2 is 1.14 bits per heavy atom. The summed E-state index contributed by atoms with van der Waals surface area (Å²) in [6.07, 6.45) is 0. The van der Waals surface area contributed by atoms with Crippen LogP contribution in [-0.4, -0.2) is 30.5 Å². The second-order valence-electron chi connectivity index (χ2n) is 3.40. The number of fused-ring (bicyclic) bond motifs is 1. The average molecular weight is 340 g/mol. The van der Waals surface area contributed by atoms with Crippen molar-refractivity contribution in [3.05, 3.63) is 42.5 Å². The summed E-state index contributed by atoms with van der Waals surface area (Å²) in [6, 6.07) is 11.8. The highest BCUT2D eigenvalue weighted by Gasteiger charge is 2.12. The topological polar surface area (TPSA) is 199 Å². The smallest absolute Gasteiger partial charge is 0.344 e. The minimum Gasteiger partial charge on any atom is -0.344 e. The van der Waals surface area contributed by atoms with Crippen molar-refractivity contribution in [3.8, 4) is 0 Å². The van der Waals surface area contributed by atoms with E-state index in [1.165, 1.54) is 6.07 Å². The Morgan fingerprint density at radius 3 is 1.62 bits per heavy atom. The largest absolute Gasteiger partial charge is 0.394 e. The molecule has 0 aliphatic carbocycles. The van der Waals surface area contributed by atoms with E-state index < -0.39 is 20.5 Å². The zero-order chi connectivity index (χ0) is 14.7. The fraction of sp³-hybridized carbons (Fsp3) is 0. The Labute approximate surface area is 122 Å². The van der Waals surface area contributed by atoms with Gasteiger partial charge in [-0.2, -0.15) is 16.8 Å². The van der Waals surface area contributed by atoms with Crippen LogP contribution >= 0.6 is 0 Å². The Bertz CT molecular complexity index is 775. The van der Waals surface area contributed by atoms with Crippen molar-refractivity contribution in [2.45, 2.75) is 4.90 Å². The highest BCUT2D eigenvalue weighted by atomic mass is 32.3. The van der Waals surface area contributed by atoms with E-state index in [1.54, 1.807) is 30.3 Å². The van der Waals surface area contributed by atoms with Gasteiger partial charge in [-0.1, -0.05) is 36.4 Å². The molecule has 9 nitrogen and oxygen atoms in total. The van der Waals surface area contributed by atoms with E-state index >= 15 is 0 Å². The minimum absolute atomic E-state index is 0. The number of hydrogen-bond donors (Lipinski definition) is 5. The predicted molar refractivity (Wildman–Crippen MR) is 78.0 cm³/mol. The molecule has 0 spiro atoms. The van der Waals surface area contributed by atoms with Crippen molar-refractivity contribution in [2.24, 2.45) is 0 Å². The van der Waals surface area contributed by atoms with Gasteiger partial charge in [0.15, 0.2) is 0 Å². The number of benzene rings is 2. The first-order valence-electron chi connectivity index (χ1n) is 4.74. The molecule has 0 amide bonds. The van der Waals surface area contributed by atoms with E-state index in [4.69, 9.17) is 22.1 Å². The number of hydrogen-bond acceptors (Lipinski definition) is 6. The summed E-state index contributed by atoms with van der Waals surface area (Å²) in [5, 5.41) is 1.33. The van der Waals surface area contributed by atoms with Gasteiger partial charge in [-0.05, 0) is 11.5 Å². The van der Waals surface area contributed by atoms with Crippen LogP contribution in [0.15, 0.2) is 47.4 Å². The molecule has 120 valence electrons. The lowest BCUT2D eigenvalue weighted by Crippen LogP contribution is -1.98. The highest BCUT2D eigenvalue weighted by molar-refractivity contribution is 7.86. The van der Waals surface area contributed by atoms with Gasteiger partial charge in [0.05, 0.1) is 0 Å². The van der Waals surface area contributed by atoms with Gasteiger partial charge < -0.3 is 12.3 Å². The summed E-state index contributed by atoms with van der Waals surface area (Å²) in [5.41, 5.74) is 0. The van der Waals surface area contributed by atoms with Crippen molar-refractivity contribution < 1.29 is 30.5 Å². The van der Waals surface area contributed by atoms with Gasteiger partial charge in [0.1, 0.15) is 4.90 Å². The molecule has 0 atom stereocenters. The second-order valence-corrected chi connectivity index (χ2v) is 5.69. The summed E-state index contributed by atoms with van der Waals surface area (Å²) in [6.45, 7) is 0. The molecule has 0 aliphatic heterocycles. The second kappa shape index (κ2) is 7.99. The maximum absolute atomic E-state index is 11.0. The van der Waals surface area contributed by atoms with Crippen LogP contribution in [0.25, 0.3) is 10.8 Å². The van der Waals surface area contributed by atoms with E-state index in [2.05, 4.69) is 0 Å². The molecule has 11 heteroatoms. The molecule has 0 saturated heterocycles. The first-order valence-corrected chi connectivity index (χ1v) is 7.58. The predicted octanol–water partition coefficient (Wildman–Crippen LogP) is 1.76. The van der Waals surface area contributed by atoms with Gasteiger partial charge in [-0.3, -0.25) is 13.7 Å². The third-order valence-corrected chi connectivity index (χ3v) is 2.94. The molecule has 0 heterocycles. The molecule has 0 bridgehead atoms. The summed E-state index contributed by atoms with van der Waals surface area (Å²) in [5.74, 6) is 0. The molecular weight excluding hydrogens is 324 g/mol. The normalized spacial score (nSPS) is 10.6. The van der Waals surface area contributed by atoms with Crippen molar-refractivity contribution in [1.29, 1.82) is 0 Å². The molecule has 0 aromatic heterocycles. The van der Waals surface area contributed by atoms with E-state index in [9.17, 15) is 8.42 Å². The Kier molecular flexibility index (Phi) is 8.26. The van der Waals surface area contributed by atoms with Crippen molar-refractivity contribution >= 4 is 31.3 Å². The Hall–Kier alpha value is -1.60. The van der Waals surface area contributed by atoms with Crippen LogP contribution in [-0.2, 0) is 20.5 Å². The molecule has 0 aliphatic rings. The first-order chi connectivity index (χ1) is 8.59. The summed E-state index contributed by atoms with van der Waals surface area (Å²) in [7, 11) is -8.80. The maximum Gasteiger partial charge on any atom is 0.394 e. The van der Waals surface area contributed by atoms with Gasteiger partial charge in [0, 0.05) is 5.39 Å². The van der Waals surface area contributed by atoms with Crippen LogP contribution < -0.4 is 12.3 Å². The quantitative estimate of drug-likeness (QED) is 0.479. The van der Waals surface area contributed by atoms with Crippen molar-refractivity contribution in [2.75, 3.05) is 0 Å².